The summed E-state index contributed by atoms with van der Waals surface area (Å²) in [7, 11) is 1.75. The van der Waals surface area contributed by atoms with Gasteiger partial charge in [0.15, 0.2) is 5.78 Å². The predicted molar refractivity (Wildman–Crippen MR) is 71.7 cm³/mol. The average molecular weight is 270 g/mol. The van der Waals surface area contributed by atoms with Crippen LogP contribution in [0.4, 0.5) is 0 Å². The summed E-state index contributed by atoms with van der Waals surface area (Å²) >= 11 is 6.01. The molecule has 0 unspecified atom stereocenters. The highest BCUT2D eigenvalue weighted by Gasteiger charge is 2.34. The summed E-state index contributed by atoms with van der Waals surface area (Å²) in [5, 5.41) is 4.45. The number of aryl methyl sites for hydroxylation is 1. The van der Waals surface area contributed by atoms with Crippen molar-refractivity contribution in [2.45, 2.75) is 38.5 Å². The lowest BCUT2D eigenvalue weighted by molar-refractivity contribution is 0.0858. The third kappa shape index (κ3) is 2.59. The van der Waals surface area contributed by atoms with E-state index in [9.17, 15) is 4.79 Å². The predicted octanol–water partition coefficient (Wildman–Crippen LogP) is 2.56. The van der Waals surface area contributed by atoms with Crippen molar-refractivity contribution in [3.8, 4) is 0 Å². The molecular formula is C13H20ClN3O. The van der Waals surface area contributed by atoms with Crippen molar-refractivity contribution >= 4 is 17.4 Å². The molecule has 0 aromatic carbocycles. The molecule has 100 valence electrons. The molecule has 1 aromatic heterocycles. The minimum absolute atomic E-state index is 0.0249. The summed E-state index contributed by atoms with van der Waals surface area (Å²) in [6.45, 7) is 0.578. The van der Waals surface area contributed by atoms with Crippen LogP contribution in [0.5, 0.6) is 0 Å². The van der Waals surface area contributed by atoms with Crippen molar-refractivity contribution in [2.75, 3.05) is 6.54 Å². The summed E-state index contributed by atoms with van der Waals surface area (Å²) < 4.78 is 1.55. The van der Waals surface area contributed by atoms with Gasteiger partial charge in [-0.25, -0.2) is 0 Å². The van der Waals surface area contributed by atoms with Gasteiger partial charge in [0.05, 0.1) is 11.2 Å². The highest BCUT2D eigenvalue weighted by Crippen LogP contribution is 2.39. The van der Waals surface area contributed by atoms with Crippen molar-refractivity contribution in [1.82, 2.24) is 9.78 Å². The zero-order valence-corrected chi connectivity index (χ0v) is 11.5. The fourth-order valence-corrected chi connectivity index (χ4v) is 3.17. The summed E-state index contributed by atoms with van der Waals surface area (Å²) in [5.41, 5.74) is 6.39. The first-order valence-electron chi connectivity index (χ1n) is 6.49. The Kier molecular flexibility index (Phi) is 4.07. The third-order valence-corrected chi connectivity index (χ3v) is 4.32. The first kappa shape index (κ1) is 13.6. The van der Waals surface area contributed by atoms with E-state index in [4.69, 9.17) is 17.3 Å². The summed E-state index contributed by atoms with van der Waals surface area (Å²) in [6, 6.07) is 0. The smallest absolute Gasteiger partial charge is 0.182 e. The average Bonchev–Trinajstić information content (AvgIpc) is 2.70. The molecule has 0 aliphatic heterocycles. The number of halogens is 1. The van der Waals surface area contributed by atoms with Gasteiger partial charge in [-0.2, -0.15) is 5.10 Å². The van der Waals surface area contributed by atoms with E-state index in [1.165, 1.54) is 25.5 Å². The number of aromatic nitrogens is 2. The van der Waals surface area contributed by atoms with Gasteiger partial charge in [-0.05, 0) is 24.8 Å². The highest BCUT2D eigenvalue weighted by atomic mass is 35.5. The lowest BCUT2D eigenvalue weighted by Crippen LogP contribution is -2.35. The van der Waals surface area contributed by atoms with Crippen LogP contribution in [-0.2, 0) is 7.05 Å². The van der Waals surface area contributed by atoms with Gasteiger partial charge in [-0.3, -0.25) is 9.48 Å². The number of nitrogens with two attached hydrogens (primary N) is 1. The Hall–Kier alpha value is -0.870. The molecule has 4 nitrogen and oxygen atoms in total. The zero-order valence-electron chi connectivity index (χ0n) is 10.8. The van der Waals surface area contributed by atoms with Crippen LogP contribution in [0, 0.1) is 5.41 Å². The van der Waals surface area contributed by atoms with Crippen molar-refractivity contribution < 1.29 is 4.79 Å². The van der Waals surface area contributed by atoms with Gasteiger partial charge in [0, 0.05) is 13.5 Å². The molecule has 0 atom stereocenters. The minimum atomic E-state index is -0.0249. The van der Waals surface area contributed by atoms with Gasteiger partial charge in [0.1, 0.15) is 5.69 Å². The van der Waals surface area contributed by atoms with Crippen LogP contribution in [0.25, 0.3) is 0 Å². The second kappa shape index (κ2) is 5.41. The lowest BCUT2D eigenvalue weighted by atomic mass is 9.71. The molecule has 2 N–H and O–H groups in total. The Morgan fingerprint density at radius 1 is 1.50 bits per heavy atom. The number of nitrogens with zero attached hydrogens (tertiary/aromatic N) is 2. The molecule has 1 heterocycles. The van der Waals surface area contributed by atoms with Crippen molar-refractivity contribution in [2.24, 2.45) is 18.2 Å². The van der Waals surface area contributed by atoms with Crippen LogP contribution < -0.4 is 5.73 Å². The van der Waals surface area contributed by atoms with E-state index in [-0.39, 0.29) is 11.2 Å². The first-order chi connectivity index (χ1) is 8.58. The molecule has 1 saturated carbocycles. The highest BCUT2D eigenvalue weighted by molar-refractivity contribution is 6.33. The van der Waals surface area contributed by atoms with Crippen LogP contribution >= 0.6 is 11.6 Å². The first-order valence-corrected chi connectivity index (χ1v) is 6.86. The van der Waals surface area contributed by atoms with Crippen molar-refractivity contribution in [3.63, 3.8) is 0 Å². The van der Waals surface area contributed by atoms with E-state index >= 15 is 0 Å². The van der Waals surface area contributed by atoms with E-state index < -0.39 is 0 Å². The number of hydrogen-bond acceptors (Lipinski definition) is 3. The van der Waals surface area contributed by atoms with E-state index in [1.54, 1.807) is 11.7 Å². The monoisotopic (exact) mass is 269 g/mol. The number of ketones is 1. The Bertz CT molecular complexity index is 416. The summed E-state index contributed by atoms with van der Waals surface area (Å²) in [5.74, 6) is 0.0624. The summed E-state index contributed by atoms with van der Waals surface area (Å²) in [4.78, 5) is 12.4. The van der Waals surface area contributed by atoms with Gasteiger partial charge >= 0.3 is 0 Å². The van der Waals surface area contributed by atoms with E-state index in [0.717, 1.165) is 12.8 Å². The van der Waals surface area contributed by atoms with Crippen LogP contribution in [0.1, 0.15) is 49.0 Å². The Morgan fingerprint density at radius 2 is 2.17 bits per heavy atom. The van der Waals surface area contributed by atoms with Gasteiger partial charge in [-0.15, -0.1) is 0 Å². The quantitative estimate of drug-likeness (QED) is 0.855. The number of Topliss-reactive ketones (excluding diaryl/α,β-unsaturated/α-hetero) is 1. The molecule has 0 radical (unpaired) electrons. The number of rotatable bonds is 4. The molecular weight excluding hydrogens is 250 g/mol. The molecule has 1 aliphatic carbocycles. The Labute approximate surface area is 112 Å². The van der Waals surface area contributed by atoms with E-state index in [2.05, 4.69) is 5.10 Å². The van der Waals surface area contributed by atoms with E-state index in [0.29, 0.717) is 23.7 Å². The largest absolute Gasteiger partial charge is 0.330 e. The van der Waals surface area contributed by atoms with Crippen LogP contribution in [0.15, 0.2) is 6.20 Å². The molecule has 1 aromatic rings. The van der Waals surface area contributed by atoms with Crippen LogP contribution in [0.2, 0.25) is 5.02 Å². The van der Waals surface area contributed by atoms with Crippen molar-refractivity contribution in [1.29, 1.82) is 0 Å². The SMILES string of the molecule is Cn1ncc(Cl)c1C(=O)CC1(CN)CCCCC1. The topological polar surface area (TPSA) is 60.9 Å². The zero-order chi connectivity index (χ0) is 13.2. The Morgan fingerprint density at radius 3 is 2.67 bits per heavy atom. The molecule has 0 saturated heterocycles. The number of carbonyl (C=O) groups is 1. The summed E-state index contributed by atoms with van der Waals surface area (Å²) in [6.07, 6.45) is 7.69. The van der Waals surface area contributed by atoms with Gasteiger partial charge in [-0.1, -0.05) is 30.9 Å². The van der Waals surface area contributed by atoms with Crippen LogP contribution in [-0.4, -0.2) is 22.1 Å². The second-order valence-corrected chi connectivity index (χ2v) is 5.74. The van der Waals surface area contributed by atoms with Gasteiger partial charge < -0.3 is 5.73 Å². The number of hydrogen-bond donors (Lipinski definition) is 1. The second-order valence-electron chi connectivity index (χ2n) is 5.33. The molecule has 1 aliphatic rings. The van der Waals surface area contributed by atoms with Crippen molar-refractivity contribution in [3.05, 3.63) is 16.9 Å². The molecule has 2 rings (SSSR count). The molecule has 1 fully saturated rings. The van der Waals surface area contributed by atoms with Crippen LogP contribution in [0.3, 0.4) is 0 Å². The fraction of sp³-hybridized carbons (Fsp3) is 0.692. The Balaban J connectivity index is 2.15. The normalized spacial score (nSPS) is 18.8. The molecule has 0 bridgehead atoms. The minimum Gasteiger partial charge on any atom is -0.330 e. The van der Waals surface area contributed by atoms with Gasteiger partial charge in [0.2, 0.25) is 0 Å². The molecule has 18 heavy (non-hydrogen) atoms. The molecule has 0 amide bonds. The third-order valence-electron chi connectivity index (χ3n) is 4.04. The fourth-order valence-electron chi connectivity index (χ4n) is 2.90. The molecule has 0 spiro atoms. The van der Waals surface area contributed by atoms with Gasteiger partial charge in [0.25, 0.3) is 0 Å². The maximum atomic E-state index is 12.4. The lowest BCUT2D eigenvalue weighted by Gasteiger charge is -2.35. The maximum Gasteiger partial charge on any atom is 0.182 e. The van der Waals surface area contributed by atoms with E-state index in [1.807, 2.05) is 0 Å². The standard InChI is InChI=1S/C13H20ClN3O/c1-17-12(10(14)8-16-17)11(18)7-13(9-15)5-3-2-4-6-13/h8H,2-7,9,15H2,1H3. The maximum absolute atomic E-state index is 12.4. The number of carbonyl (C=O) groups excluding carboxylic acids is 1. The molecule has 5 heteroatoms.